The fourth-order valence-corrected chi connectivity index (χ4v) is 2.94. The van der Waals surface area contributed by atoms with Crippen LogP contribution < -0.4 is 32.6 Å². The molecule has 0 aromatic carbocycles. The Bertz CT molecular complexity index is 436. The van der Waals surface area contributed by atoms with E-state index in [2.05, 4.69) is 46.8 Å². The van der Waals surface area contributed by atoms with Gasteiger partial charge < -0.3 is 14.2 Å². The summed E-state index contributed by atoms with van der Waals surface area (Å²) in [5, 5.41) is 0. The first-order valence-corrected chi connectivity index (χ1v) is 10.2. The number of methoxy groups -OCH3 is 3. The molecule has 0 spiro atoms. The van der Waals surface area contributed by atoms with Crippen molar-refractivity contribution in [2.75, 3.05) is 41.0 Å². The van der Waals surface area contributed by atoms with Crippen LogP contribution in [-0.4, -0.2) is 77.0 Å². The number of ether oxygens (including phenoxy) is 3. The summed E-state index contributed by atoms with van der Waals surface area (Å²) in [7, 11) is 4.20. The highest BCUT2D eigenvalue weighted by Crippen LogP contribution is 2.02. The number of esters is 3. The average molecular weight is 481 g/mol. The highest BCUT2D eigenvalue weighted by molar-refractivity contribution is 5.76. The van der Waals surface area contributed by atoms with Crippen molar-refractivity contribution in [3.63, 3.8) is 0 Å². The number of hydrazine groups is 3. The fraction of sp³-hybridized carbons (Fsp3) is 0.857. The maximum atomic E-state index is 10.8. The van der Waals surface area contributed by atoms with Crippen LogP contribution in [0.2, 0.25) is 0 Å². The van der Waals surface area contributed by atoms with Gasteiger partial charge in [0.25, 0.3) is 0 Å². The molecule has 3 fully saturated rings. The van der Waals surface area contributed by atoms with E-state index in [1.807, 2.05) is 0 Å². The van der Waals surface area contributed by atoms with Gasteiger partial charge in [0.15, 0.2) is 0 Å². The molecule has 0 radical (unpaired) electrons. The Balaban J connectivity index is -0.000000391. The van der Waals surface area contributed by atoms with E-state index in [0.717, 1.165) is 58.2 Å². The molecule has 12 nitrogen and oxygen atoms in total. The zero-order chi connectivity index (χ0) is 22.2. The maximum Gasteiger partial charge on any atom is 0.324 e. The summed E-state index contributed by atoms with van der Waals surface area (Å²) in [6.07, 6.45) is 5.64. The monoisotopic (exact) mass is 480 g/mol. The van der Waals surface area contributed by atoms with Crippen LogP contribution in [0.15, 0.2) is 0 Å². The third kappa shape index (κ3) is 14.8. The Hall–Kier alpha value is -1.83. The van der Waals surface area contributed by atoms with Gasteiger partial charge in [-0.15, -0.1) is 0 Å². The largest absolute Gasteiger partial charge is 0.468 e. The van der Waals surface area contributed by atoms with E-state index < -0.39 is 0 Å². The summed E-state index contributed by atoms with van der Waals surface area (Å²) in [5.41, 5.74) is 17.2. The van der Waals surface area contributed by atoms with Crippen LogP contribution >= 0.6 is 0 Å². The predicted octanol–water partition coefficient (Wildman–Crippen LogP) is 0.156. The highest BCUT2D eigenvalue weighted by Gasteiger charge is 2.21. The summed E-state index contributed by atoms with van der Waals surface area (Å²) in [6.45, 7) is 2.77. The van der Waals surface area contributed by atoms with Crippen molar-refractivity contribution in [3.8, 4) is 0 Å². The Morgan fingerprint density at radius 1 is 0.545 bits per heavy atom. The van der Waals surface area contributed by atoms with Crippen LogP contribution in [0, 0.1) is 0 Å². The van der Waals surface area contributed by atoms with Gasteiger partial charge in [0.05, 0.1) is 21.3 Å². The quantitative estimate of drug-likeness (QED) is 0.241. The maximum absolute atomic E-state index is 10.8. The molecular weight excluding hydrogens is 432 g/mol. The van der Waals surface area contributed by atoms with Crippen LogP contribution in [-0.2, 0) is 28.6 Å². The van der Waals surface area contributed by atoms with Crippen LogP contribution in [0.25, 0.3) is 0 Å². The third-order valence-electron chi connectivity index (χ3n) is 4.67. The molecule has 0 saturated carbocycles. The predicted molar refractivity (Wildman–Crippen MR) is 129 cm³/mol. The van der Waals surface area contributed by atoms with E-state index >= 15 is 0 Å². The van der Waals surface area contributed by atoms with Gasteiger partial charge >= 0.3 is 17.9 Å². The van der Waals surface area contributed by atoms with Crippen molar-refractivity contribution in [3.05, 3.63) is 0 Å². The first-order valence-electron chi connectivity index (χ1n) is 10.2. The Morgan fingerprint density at radius 3 is 0.939 bits per heavy atom. The van der Waals surface area contributed by atoms with Crippen molar-refractivity contribution in [1.82, 2.24) is 32.6 Å². The first kappa shape index (κ1) is 35.8. The van der Waals surface area contributed by atoms with Crippen molar-refractivity contribution < 1.29 is 28.6 Å². The molecule has 3 heterocycles. The van der Waals surface area contributed by atoms with E-state index in [1.165, 1.54) is 21.3 Å². The second-order valence-corrected chi connectivity index (χ2v) is 6.87. The third-order valence-corrected chi connectivity index (χ3v) is 4.67. The summed E-state index contributed by atoms with van der Waals surface area (Å²) in [5.74, 6) is -0.563. The molecule has 0 aliphatic carbocycles. The molecule has 6 N–H and O–H groups in total. The van der Waals surface area contributed by atoms with E-state index in [-0.39, 0.29) is 58.3 Å². The summed E-state index contributed by atoms with van der Waals surface area (Å²) < 4.78 is 13.6. The first-order chi connectivity index (χ1) is 14.5. The molecule has 0 amide bonds. The molecule has 3 atom stereocenters. The van der Waals surface area contributed by atoms with Crippen molar-refractivity contribution in [2.45, 2.75) is 78.9 Å². The molecule has 198 valence electrons. The van der Waals surface area contributed by atoms with Crippen molar-refractivity contribution in [2.24, 2.45) is 0 Å². The zero-order valence-corrected chi connectivity index (χ0v) is 18.0. The lowest BCUT2D eigenvalue weighted by molar-refractivity contribution is -0.144. The summed E-state index contributed by atoms with van der Waals surface area (Å²) in [4.78, 5) is 32.5. The van der Waals surface area contributed by atoms with Crippen LogP contribution in [0.1, 0.15) is 60.8 Å². The van der Waals surface area contributed by atoms with Gasteiger partial charge in [0, 0.05) is 19.6 Å². The number of carbonyl (C=O) groups excluding carboxylic acids is 3. The summed E-state index contributed by atoms with van der Waals surface area (Å²) >= 11 is 0. The molecule has 3 aliphatic heterocycles. The Labute approximate surface area is 199 Å². The Kier molecular flexibility index (Phi) is 23.8. The molecule has 1 unspecified atom stereocenters. The van der Waals surface area contributed by atoms with E-state index in [1.54, 1.807) is 0 Å². The van der Waals surface area contributed by atoms with Crippen molar-refractivity contribution in [1.29, 1.82) is 0 Å². The van der Waals surface area contributed by atoms with Gasteiger partial charge in [-0.25, -0.2) is 16.3 Å². The molecule has 33 heavy (non-hydrogen) atoms. The lowest BCUT2D eigenvalue weighted by atomic mass is 10.1. The molecule has 3 rings (SSSR count). The van der Waals surface area contributed by atoms with Gasteiger partial charge in [0.1, 0.15) is 18.1 Å². The molecule has 0 bridgehead atoms. The molecule has 12 heteroatoms. The van der Waals surface area contributed by atoms with Crippen molar-refractivity contribution >= 4 is 17.9 Å². The molecule has 0 aromatic heterocycles. The lowest BCUT2D eigenvalue weighted by Crippen LogP contribution is -2.50. The zero-order valence-electron chi connectivity index (χ0n) is 18.0. The van der Waals surface area contributed by atoms with Gasteiger partial charge in [-0.2, -0.15) is 0 Å². The van der Waals surface area contributed by atoms with Gasteiger partial charge in [0.2, 0.25) is 0 Å². The number of carbonyl (C=O) groups is 3. The van der Waals surface area contributed by atoms with Crippen LogP contribution in [0.5, 0.6) is 0 Å². The van der Waals surface area contributed by atoms with Gasteiger partial charge in [-0.3, -0.25) is 30.7 Å². The summed E-state index contributed by atoms with van der Waals surface area (Å²) in [6, 6.07) is -0.462. The minimum atomic E-state index is -0.188. The standard InChI is InChI=1S/3C6H12N2O2.3CH4/c3*1-10-6(9)5-3-2-4-7-8-5;;;/h3*5,7-8H,2-4H2,1H3;3*1H4/t2*5-;;;;/m10..../s1. The molecular formula is C21H48N6O6. The Morgan fingerprint density at radius 2 is 0.788 bits per heavy atom. The normalized spacial score (nSPS) is 23.5. The SMILES string of the molecule is C.C.C.COC(=O)C1CCCNN1.COC(=O)[C@@H]1CCCNN1.COC(=O)[C@H]1CCCNN1. The number of hydrogen-bond acceptors (Lipinski definition) is 12. The minimum absolute atomic E-state index is 0. The minimum Gasteiger partial charge on any atom is -0.468 e. The van der Waals surface area contributed by atoms with Crippen LogP contribution in [0.4, 0.5) is 0 Å². The highest BCUT2D eigenvalue weighted by atomic mass is 16.5. The van der Waals surface area contributed by atoms with E-state index in [4.69, 9.17) is 0 Å². The van der Waals surface area contributed by atoms with E-state index in [9.17, 15) is 14.4 Å². The van der Waals surface area contributed by atoms with E-state index in [0.29, 0.717) is 0 Å². The molecule has 0 aromatic rings. The molecule has 3 saturated heterocycles. The smallest absolute Gasteiger partial charge is 0.324 e. The van der Waals surface area contributed by atoms with Gasteiger partial charge in [-0.1, -0.05) is 22.3 Å². The average Bonchev–Trinajstić information content (AvgIpc) is 2.85. The number of nitrogens with one attached hydrogen (secondary N) is 6. The van der Waals surface area contributed by atoms with Gasteiger partial charge in [-0.05, 0) is 38.5 Å². The second-order valence-electron chi connectivity index (χ2n) is 6.87. The topological polar surface area (TPSA) is 151 Å². The fourth-order valence-electron chi connectivity index (χ4n) is 2.94. The molecule has 3 aliphatic rings. The van der Waals surface area contributed by atoms with Crippen LogP contribution in [0.3, 0.4) is 0 Å². The lowest BCUT2D eigenvalue weighted by Gasteiger charge is -2.21. The number of rotatable bonds is 3. The number of hydrogen-bond donors (Lipinski definition) is 6. The second kappa shape index (κ2) is 22.0.